The van der Waals surface area contributed by atoms with E-state index in [4.69, 9.17) is 9.47 Å². The van der Waals surface area contributed by atoms with Crippen molar-refractivity contribution in [3.05, 3.63) is 94.5 Å². The van der Waals surface area contributed by atoms with E-state index < -0.39 is 6.04 Å². The van der Waals surface area contributed by atoms with E-state index in [9.17, 15) is 9.59 Å². The van der Waals surface area contributed by atoms with E-state index >= 15 is 0 Å². The minimum absolute atomic E-state index is 0.0107. The predicted molar refractivity (Wildman–Crippen MR) is 145 cm³/mol. The molecule has 2 atom stereocenters. The molecule has 0 aliphatic rings. The summed E-state index contributed by atoms with van der Waals surface area (Å²) in [5.41, 5.74) is 1.88. The lowest BCUT2D eigenvalue weighted by atomic mass is 10.0. The largest absolute Gasteiger partial charge is 0.493 e. The highest BCUT2D eigenvalue weighted by Crippen LogP contribution is 2.26. The average Bonchev–Trinajstić information content (AvgIpc) is 2.89. The molecule has 0 heterocycles. The Morgan fingerprint density at radius 3 is 2.28 bits per heavy atom. The molecule has 0 saturated heterocycles. The number of nitrogens with one attached hydrogen (secondary N) is 1. The van der Waals surface area contributed by atoms with E-state index in [1.165, 1.54) is 0 Å². The number of rotatable bonds is 12. The van der Waals surface area contributed by atoms with E-state index in [1.54, 1.807) is 24.1 Å². The Bertz CT molecular complexity index is 1140. The molecule has 7 heteroatoms. The van der Waals surface area contributed by atoms with Gasteiger partial charge in [-0.25, -0.2) is 0 Å². The van der Waals surface area contributed by atoms with Gasteiger partial charge >= 0.3 is 0 Å². The Balaban J connectivity index is 1.93. The van der Waals surface area contributed by atoms with Gasteiger partial charge in [-0.1, -0.05) is 77.5 Å². The molecule has 0 spiro atoms. The lowest BCUT2D eigenvalue weighted by molar-refractivity contribution is -0.143. The van der Waals surface area contributed by atoms with E-state index in [-0.39, 0.29) is 31.0 Å². The maximum atomic E-state index is 13.7. The number of benzene rings is 3. The Hall–Kier alpha value is -3.32. The zero-order valence-corrected chi connectivity index (χ0v) is 22.5. The third-order valence-corrected chi connectivity index (χ3v) is 6.43. The van der Waals surface area contributed by atoms with Crippen LogP contribution >= 0.6 is 15.9 Å². The second kappa shape index (κ2) is 13.7. The van der Waals surface area contributed by atoms with Crippen LogP contribution in [0.25, 0.3) is 0 Å². The van der Waals surface area contributed by atoms with Gasteiger partial charge in [0.1, 0.15) is 6.04 Å². The summed E-state index contributed by atoms with van der Waals surface area (Å²) in [7, 11) is 1.55. The lowest BCUT2D eigenvalue weighted by Crippen LogP contribution is -2.53. The second-order valence-electron chi connectivity index (χ2n) is 8.61. The molecule has 0 bridgehead atoms. The van der Waals surface area contributed by atoms with Gasteiger partial charge in [-0.2, -0.15) is 0 Å². The van der Waals surface area contributed by atoms with E-state index in [0.29, 0.717) is 17.9 Å². The van der Waals surface area contributed by atoms with Crippen molar-refractivity contribution in [3.63, 3.8) is 0 Å². The van der Waals surface area contributed by atoms with E-state index in [2.05, 4.69) is 21.2 Å². The fourth-order valence-corrected chi connectivity index (χ4v) is 4.23. The molecule has 0 radical (unpaired) electrons. The summed E-state index contributed by atoms with van der Waals surface area (Å²) in [6, 6.07) is 23.9. The first-order chi connectivity index (χ1) is 17.4. The fourth-order valence-electron chi connectivity index (χ4n) is 3.79. The molecule has 0 unspecified atom stereocenters. The molecule has 0 aliphatic carbocycles. The van der Waals surface area contributed by atoms with Gasteiger partial charge in [0.15, 0.2) is 18.1 Å². The van der Waals surface area contributed by atoms with E-state index in [1.807, 2.05) is 80.6 Å². The molecule has 0 fully saturated rings. The number of carbonyl (C=O) groups is 2. The standard InChI is InChI=1S/C29H33BrN2O4/c1-4-21(2)31-29(34)25(18-22-11-6-5-7-12-22)32(19-23-13-10-14-24(30)17-23)28(33)20-36-27-16-9-8-15-26(27)35-3/h5-17,21,25H,4,18-20H2,1-3H3,(H,31,34)/t21-,25-/m1/s1. The number of carbonyl (C=O) groups excluding carboxylic acids is 2. The number of halogens is 1. The predicted octanol–water partition coefficient (Wildman–Crippen LogP) is 5.39. The quantitative estimate of drug-likeness (QED) is 0.327. The molecule has 1 N–H and O–H groups in total. The van der Waals surface area contributed by atoms with E-state index in [0.717, 1.165) is 22.0 Å². The van der Waals surface area contributed by atoms with Crippen molar-refractivity contribution in [1.82, 2.24) is 10.2 Å². The van der Waals surface area contributed by atoms with Gasteiger partial charge in [-0.05, 0) is 48.7 Å². The lowest BCUT2D eigenvalue weighted by Gasteiger charge is -2.32. The highest BCUT2D eigenvalue weighted by Gasteiger charge is 2.31. The van der Waals surface area contributed by atoms with Crippen molar-refractivity contribution in [1.29, 1.82) is 0 Å². The summed E-state index contributed by atoms with van der Waals surface area (Å²) in [6.45, 7) is 4.01. The minimum Gasteiger partial charge on any atom is -0.493 e. The summed E-state index contributed by atoms with van der Waals surface area (Å²) in [6.07, 6.45) is 1.18. The third-order valence-electron chi connectivity index (χ3n) is 5.93. The summed E-state index contributed by atoms with van der Waals surface area (Å²) in [5, 5.41) is 3.07. The smallest absolute Gasteiger partial charge is 0.261 e. The van der Waals surface area contributed by atoms with Gasteiger partial charge in [0.05, 0.1) is 7.11 Å². The van der Waals surface area contributed by atoms with Gasteiger partial charge in [0.2, 0.25) is 5.91 Å². The third kappa shape index (κ3) is 7.85. The highest BCUT2D eigenvalue weighted by molar-refractivity contribution is 9.10. The summed E-state index contributed by atoms with van der Waals surface area (Å²) < 4.78 is 12.1. The molecule has 3 rings (SSSR count). The number of methoxy groups -OCH3 is 1. The molecule has 0 saturated carbocycles. The van der Waals surface area contributed by atoms with Crippen LogP contribution in [0.2, 0.25) is 0 Å². The number of hydrogen-bond acceptors (Lipinski definition) is 4. The molecule has 3 aromatic carbocycles. The van der Waals surface area contributed by atoms with Gasteiger partial charge in [0, 0.05) is 23.5 Å². The second-order valence-corrected chi connectivity index (χ2v) is 9.53. The topological polar surface area (TPSA) is 67.9 Å². The number of nitrogens with zero attached hydrogens (tertiary/aromatic N) is 1. The van der Waals surface area contributed by atoms with Crippen molar-refractivity contribution in [2.45, 2.75) is 45.3 Å². The van der Waals surface area contributed by atoms with Crippen LogP contribution in [0.3, 0.4) is 0 Å². The number of para-hydroxylation sites is 2. The maximum absolute atomic E-state index is 13.7. The van der Waals surface area contributed by atoms with Crippen LogP contribution in [0.1, 0.15) is 31.4 Å². The first kappa shape index (κ1) is 27.3. The van der Waals surface area contributed by atoms with Crippen LogP contribution in [0.15, 0.2) is 83.3 Å². The van der Waals surface area contributed by atoms with Gasteiger partial charge in [0.25, 0.3) is 5.91 Å². The molecule has 190 valence electrons. The molecule has 2 amide bonds. The number of hydrogen-bond donors (Lipinski definition) is 1. The summed E-state index contributed by atoms with van der Waals surface area (Å²) >= 11 is 3.51. The van der Waals surface area contributed by atoms with Crippen molar-refractivity contribution in [3.8, 4) is 11.5 Å². The molecular weight excluding hydrogens is 520 g/mol. The van der Waals surface area contributed by atoms with Crippen molar-refractivity contribution in [2.75, 3.05) is 13.7 Å². The van der Waals surface area contributed by atoms with Crippen molar-refractivity contribution >= 4 is 27.7 Å². The molecule has 36 heavy (non-hydrogen) atoms. The van der Waals surface area contributed by atoms with Crippen LogP contribution in [-0.4, -0.2) is 42.5 Å². The Morgan fingerprint density at radius 2 is 1.61 bits per heavy atom. The Morgan fingerprint density at radius 1 is 0.944 bits per heavy atom. The van der Waals surface area contributed by atoms with Crippen LogP contribution in [0.5, 0.6) is 11.5 Å². The molecule has 3 aromatic rings. The Labute approximate surface area is 221 Å². The summed E-state index contributed by atoms with van der Waals surface area (Å²) in [4.78, 5) is 28.8. The number of ether oxygens (including phenoxy) is 2. The molecule has 0 aromatic heterocycles. The van der Waals surface area contributed by atoms with Crippen molar-refractivity contribution < 1.29 is 19.1 Å². The Kier molecular flexibility index (Phi) is 10.4. The number of amides is 2. The molecule has 6 nitrogen and oxygen atoms in total. The average molecular weight is 553 g/mol. The van der Waals surface area contributed by atoms with Crippen LogP contribution in [0, 0.1) is 0 Å². The first-order valence-corrected chi connectivity index (χ1v) is 12.8. The minimum atomic E-state index is -0.714. The molecular formula is C29H33BrN2O4. The fraction of sp³-hybridized carbons (Fsp3) is 0.310. The van der Waals surface area contributed by atoms with Crippen LogP contribution in [0.4, 0.5) is 0 Å². The van der Waals surface area contributed by atoms with Crippen LogP contribution < -0.4 is 14.8 Å². The van der Waals surface area contributed by atoms with Crippen LogP contribution in [-0.2, 0) is 22.6 Å². The van der Waals surface area contributed by atoms with Gasteiger partial charge < -0.3 is 19.7 Å². The first-order valence-electron chi connectivity index (χ1n) is 12.0. The highest BCUT2D eigenvalue weighted by atomic mass is 79.9. The zero-order chi connectivity index (χ0) is 25.9. The SMILES string of the molecule is CC[C@@H](C)NC(=O)[C@@H](Cc1ccccc1)N(Cc1cccc(Br)c1)C(=O)COc1ccccc1OC. The van der Waals surface area contributed by atoms with Crippen molar-refractivity contribution in [2.24, 2.45) is 0 Å². The molecule has 0 aliphatic heterocycles. The zero-order valence-electron chi connectivity index (χ0n) is 20.9. The summed E-state index contributed by atoms with van der Waals surface area (Å²) in [5.74, 6) is 0.536. The normalized spacial score (nSPS) is 12.3. The maximum Gasteiger partial charge on any atom is 0.261 e. The van der Waals surface area contributed by atoms with Gasteiger partial charge in [-0.3, -0.25) is 9.59 Å². The monoisotopic (exact) mass is 552 g/mol. The van der Waals surface area contributed by atoms with Gasteiger partial charge in [-0.15, -0.1) is 0 Å².